The lowest BCUT2D eigenvalue weighted by Crippen LogP contribution is -2.38. The van der Waals surface area contributed by atoms with Crippen LogP contribution in [0.4, 0.5) is 0 Å². The second kappa shape index (κ2) is 3.81. The van der Waals surface area contributed by atoms with Gasteiger partial charge in [0.25, 0.3) is 0 Å². The van der Waals surface area contributed by atoms with Gasteiger partial charge in [0.2, 0.25) is 0 Å². The Balaban J connectivity index is 2.09. The maximum atomic E-state index is 11.0. The van der Waals surface area contributed by atoms with Gasteiger partial charge in [-0.1, -0.05) is 0 Å². The molecule has 5 heteroatoms. The molecule has 1 heterocycles. The average Bonchev–Trinajstić information content (AvgIpc) is 2.66. The Labute approximate surface area is 87.5 Å². The van der Waals surface area contributed by atoms with Crippen LogP contribution in [-0.4, -0.2) is 34.7 Å². The Morgan fingerprint density at radius 2 is 2.00 bits per heavy atom. The van der Waals surface area contributed by atoms with Crippen LogP contribution in [0.2, 0.25) is 0 Å². The zero-order valence-electron chi connectivity index (χ0n) is 8.35. The summed E-state index contributed by atoms with van der Waals surface area (Å²) in [6.07, 6.45) is 1.92. The van der Waals surface area contributed by atoms with Gasteiger partial charge in [0, 0.05) is 6.42 Å². The van der Waals surface area contributed by atoms with Crippen molar-refractivity contribution in [1.29, 1.82) is 0 Å². The number of fused-ring (bicyclic) bond motifs is 1. The van der Waals surface area contributed by atoms with Crippen LogP contribution in [0.1, 0.15) is 19.3 Å². The SMILES string of the molecule is O=C(O)CC1CCC2CNC(C(=O)O)C21. The third kappa shape index (κ3) is 1.84. The molecule has 0 aromatic rings. The average molecular weight is 213 g/mol. The number of carboxylic acids is 2. The van der Waals surface area contributed by atoms with E-state index < -0.39 is 18.0 Å². The molecule has 0 bridgehead atoms. The van der Waals surface area contributed by atoms with E-state index in [2.05, 4.69) is 5.32 Å². The minimum atomic E-state index is -0.847. The third-order valence-corrected chi connectivity index (χ3v) is 3.68. The summed E-state index contributed by atoms with van der Waals surface area (Å²) < 4.78 is 0. The molecule has 0 amide bonds. The maximum Gasteiger partial charge on any atom is 0.321 e. The summed E-state index contributed by atoms with van der Waals surface area (Å²) in [5.41, 5.74) is 0. The monoisotopic (exact) mass is 213 g/mol. The van der Waals surface area contributed by atoms with E-state index in [4.69, 9.17) is 10.2 Å². The predicted octanol–water partition coefficient (Wildman–Crippen LogP) is 0.160. The van der Waals surface area contributed by atoms with Gasteiger partial charge in [-0.25, -0.2) is 0 Å². The van der Waals surface area contributed by atoms with E-state index in [0.717, 1.165) is 19.4 Å². The van der Waals surface area contributed by atoms with Crippen LogP contribution >= 0.6 is 0 Å². The molecule has 0 aromatic carbocycles. The molecule has 1 aliphatic carbocycles. The number of aliphatic carboxylic acids is 2. The lowest BCUT2D eigenvalue weighted by Gasteiger charge is -2.20. The van der Waals surface area contributed by atoms with Crippen LogP contribution < -0.4 is 5.32 Å². The van der Waals surface area contributed by atoms with Gasteiger partial charge in [0.1, 0.15) is 6.04 Å². The van der Waals surface area contributed by atoms with Crippen molar-refractivity contribution in [2.24, 2.45) is 17.8 Å². The van der Waals surface area contributed by atoms with E-state index in [0.29, 0.717) is 5.92 Å². The normalized spacial score (nSPS) is 38.9. The maximum absolute atomic E-state index is 11.0. The van der Waals surface area contributed by atoms with Gasteiger partial charge in [0.05, 0.1) is 0 Å². The quantitative estimate of drug-likeness (QED) is 0.621. The van der Waals surface area contributed by atoms with Crippen molar-refractivity contribution < 1.29 is 19.8 Å². The van der Waals surface area contributed by atoms with Gasteiger partial charge < -0.3 is 15.5 Å². The molecule has 2 rings (SSSR count). The van der Waals surface area contributed by atoms with Gasteiger partial charge in [-0.3, -0.25) is 9.59 Å². The highest BCUT2D eigenvalue weighted by molar-refractivity contribution is 5.75. The van der Waals surface area contributed by atoms with Crippen LogP contribution in [0, 0.1) is 17.8 Å². The number of rotatable bonds is 3. The van der Waals surface area contributed by atoms with E-state index >= 15 is 0 Å². The van der Waals surface area contributed by atoms with Crippen molar-refractivity contribution in [2.75, 3.05) is 6.54 Å². The highest BCUT2D eigenvalue weighted by Gasteiger charge is 2.48. The molecule has 1 saturated carbocycles. The summed E-state index contributed by atoms with van der Waals surface area (Å²) in [7, 11) is 0. The summed E-state index contributed by atoms with van der Waals surface area (Å²) in [6.45, 7) is 0.720. The Hall–Kier alpha value is -1.10. The smallest absolute Gasteiger partial charge is 0.321 e. The molecule has 2 aliphatic rings. The fourth-order valence-electron chi connectivity index (χ4n) is 3.11. The van der Waals surface area contributed by atoms with Gasteiger partial charge in [-0.05, 0) is 37.1 Å². The molecule has 1 saturated heterocycles. The molecule has 4 atom stereocenters. The fourth-order valence-corrected chi connectivity index (χ4v) is 3.11. The summed E-state index contributed by atoms with van der Waals surface area (Å²) >= 11 is 0. The Morgan fingerprint density at radius 3 is 2.60 bits per heavy atom. The van der Waals surface area contributed by atoms with Crippen LogP contribution in [-0.2, 0) is 9.59 Å². The Kier molecular flexibility index (Phi) is 2.65. The fraction of sp³-hybridized carbons (Fsp3) is 0.800. The minimum Gasteiger partial charge on any atom is -0.481 e. The van der Waals surface area contributed by atoms with E-state index in [-0.39, 0.29) is 18.3 Å². The van der Waals surface area contributed by atoms with Crippen LogP contribution in [0.15, 0.2) is 0 Å². The molecular weight excluding hydrogens is 198 g/mol. The first-order valence-electron chi connectivity index (χ1n) is 5.27. The number of carboxylic acid groups (broad SMARTS) is 2. The standard InChI is InChI=1S/C10H15NO4/c12-7(13)3-5-1-2-6-4-11-9(8(5)6)10(14)15/h5-6,8-9,11H,1-4H2,(H,12,13)(H,14,15). The molecule has 0 spiro atoms. The van der Waals surface area contributed by atoms with Crippen molar-refractivity contribution >= 4 is 11.9 Å². The van der Waals surface area contributed by atoms with Gasteiger partial charge >= 0.3 is 11.9 Å². The topological polar surface area (TPSA) is 86.6 Å². The van der Waals surface area contributed by atoms with Gasteiger partial charge in [-0.2, -0.15) is 0 Å². The van der Waals surface area contributed by atoms with E-state index in [1.807, 2.05) is 0 Å². The van der Waals surface area contributed by atoms with Crippen LogP contribution in [0.5, 0.6) is 0 Å². The lowest BCUT2D eigenvalue weighted by atomic mass is 9.85. The zero-order chi connectivity index (χ0) is 11.0. The number of hydrogen-bond donors (Lipinski definition) is 3. The first kappa shape index (κ1) is 10.4. The van der Waals surface area contributed by atoms with Crippen molar-refractivity contribution in [3.8, 4) is 0 Å². The van der Waals surface area contributed by atoms with E-state index in [1.54, 1.807) is 0 Å². The molecular formula is C10H15NO4. The summed E-state index contributed by atoms with van der Waals surface area (Å²) in [6, 6.07) is -0.540. The van der Waals surface area contributed by atoms with Crippen molar-refractivity contribution in [2.45, 2.75) is 25.3 Å². The Bertz CT molecular complexity index is 291. The molecule has 1 aliphatic heterocycles. The molecule has 4 unspecified atom stereocenters. The molecule has 5 nitrogen and oxygen atoms in total. The molecule has 2 fully saturated rings. The van der Waals surface area contributed by atoms with E-state index in [1.165, 1.54) is 0 Å². The third-order valence-electron chi connectivity index (χ3n) is 3.68. The minimum absolute atomic E-state index is 0.0126. The molecule has 3 N–H and O–H groups in total. The second-order valence-electron chi connectivity index (χ2n) is 4.50. The number of carbonyl (C=O) groups is 2. The molecule has 84 valence electrons. The molecule has 15 heavy (non-hydrogen) atoms. The summed E-state index contributed by atoms with van der Waals surface area (Å²) in [5, 5.41) is 20.7. The molecule has 0 radical (unpaired) electrons. The Morgan fingerprint density at radius 1 is 1.27 bits per heavy atom. The summed E-state index contributed by atoms with van der Waals surface area (Å²) in [4.78, 5) is 21.6. The van der Waals surface area contributed by atoms with Crippen LogP contribution in [0.25, 0.3) is 0 Å². The van der Waals surface area contributed by atoms with E-state index in [9.17, 15) is 9.59 Å². The first-order valence-corrected chi connectivity index (χ1v) is 5.27. The highest BCUT2D eigenvalue weighted by atomic mass is 16.4. The van der Waals surface area contributed by atoms with Gasteiger partial charge in [-0.15, -0.1) is 0 Å². The largest absolute Gasteiger partial charge is 0.481 e. The predicted molar refractivity (Wildman–Crippen MR) is 51.4 cm³/mol. The van der Waals surface area contributed by atoms with Gasteiger partial charge in [0.15, 0.2) is 0 Å². The summed E-state index contributed by atoms with van der Waals surface area (Å²) in [5.74, 6) is -1.27. The lowest BCUT2D eigenvalue weighted by molar-refractivity contribution is -0.143. The number of nitrogens with one attached hydrogen (secondary N) is 1. The van der Waals surface area contributed by atoms with Crippen molar-refractivity contribution in [3.63, 3.8) is 0 Å². The van der Waals surface area contributed by atoms with Crippen LogP contribution in [0.3, 0.4) is 0 Å². The van der Waals surface area contributed by atoms with Crippen molar-refractivity contribution in [1.82, 2.24) is 5.32 Å². The number of hydrogen-bond acceptors (Lipinski definition) is 3. The zero-order valence-corrected chi connectivity index (χ0v) is 8.35. The van der Waals surface area contributed by atoms with Crippen molar-refractivity contribution in [3.05, 3.63) is 0 Å². The highest BCUT2D eigenvalue weighted by Crippen LogP contribution is 2.43. The first-order chi connectivity index (χ1) is 7.09. The molecule has 0 aromatic heterocycles. The second-order valence-corrected chi connectivity index (χ2v) is 4.50.